The van der Waals surface area contributed by atoms with Gasteiger partial charge >= 0.3 is 12.1 Å². The van der Waals surface area contributed by atoms with E-state index in [1.165, 1.54) is 15.7 Å². The lowest BCUT2D eigenvalue weighted by Crippen LogP contribution is -2.26. The molecule has 0 aliphatic rings. The normalized spacial score (nSPS) is 10.3. The number of aryl methyl sites for hydroxylation is 1. The maximum atomic E-state index is 11.5. The molecule has 0 bridgehead atoms. The minimum Gasteiger partial charge on any atom is -0.374 e. The lowest BCUT2D eigenvalue weighted by atomic mass is 10.4. The lowest BCUT2D eigenvalue weighted by Gasteiger charge is -2.11. The highest BCUT2D eigenvalue weighted by atomic mass is 35.5. The number of ether oxygens (including phenoxy) is 1. The molecule has 19 heavy (non-hydrogen) atoms. The summed E-state index contributed by atoms with van der Waals surface area (Å²) in [5.41, 5.74) is 0. The predicted molar refractivity (Wildman–Crippen MR) is 68.6 cm³/mol. The van der Waals surface area contributed by atoms with E-state index < -0.39 is 6.09 Å². The molecular weight excluding hydrogens is 270 g/mol. The van der Waals surface area contributed by atoms with Crippen LogP contribution in [-0.4, -0.2) is 44.8 Å². The SMILES string of the molecule is Cc1nnc(OC(=O)N(C)C)n1-c1ccc(Cl)cn1. The third kappa shape index (κ3) is 2.82. The molecule has 100 valence electrons. The minimum atomic E-state index is -0.539. The van der Waals surface area contributed by atoms with Crippen LogP contribution in [0.1, 0.15) is 5.82 Å². The average molecular weight is 282 g/mol. The van der Waals surface area contributed by atoms with E-state index in [9.17, 15) is 4.79 Å². The van der Waals surface area contributed by atoms with E-state index in [2.05, 4.69) is 15.2 Å². The van der Waals surface area contributed by atoms with Gasteiger partial charge < -0.3 is 9.64 Å². The number of nitrogens with zero attached hydrogens (tertiary/aromatic N) is 5. The summed E-state index contributed by atoms with van der Waals surface area (Å²) in [5.74, 6) is 1.07. The average Bonchev–Trinajstić information content (AvgIpc) is 2.72. The molecule has 0 saturated carbocycles. The van der Waals surface area contributed by atoms with Crippen molar-refractivity contribution < 1.29 is 9.53 Å². The first-order valence-electron chi connectivity index (χ1n) is 5.42. The van der Waals surface area contributed by atoms with Crippen LogP contribution in [0.2, 0.25) is 5.02 Å². The monoisotopic (exact) mass is 281 g/mol. The Hall–Kier alpha value is -2.15. The Labute approximate surface area is 114 Å². The number of carbonyl (C=O) groups is 1. The van der Waals surface area contributed by atoms with Gasteiger partial charge in [0.05, 0.1) is 5.02 Å². The number of amides is 1. The molecule has 0 radical (unpaired) electrons. The predicted octanol–water partition coefficient (Wildman–Crippen LogP) is 1.68. The molecule has 2 aromatic rings. The van der Waals surface area contributed by atoms with Crippen LogP contribution in [0.4, 0.5) is 4.79 Å². The van der Waals surface area contributed by atoms with E-state index in [4.69, 9.17) is 16.3 Å². The number of carbonyl (C=O) groups excluding carboxylic acids is 1. The molecule has 0 aliphatic heterocycles. The maximum Gasteiger partial charge on any atom is 0.417 e. The van der Waals surface area contributed by atoms with Gasteiger partial charge in [0, 0.05) is 20.3 Å². The second-order valence-electron chi connectivity index (χ2n) is 3.96. The first kappa shape index (κ1) is 13.3. The molecule has 0 fully saturated rings. The van der Waals surface area contributed by atoms with Crippen molar-refractivity contribution in [3.63, 3.8) is 0 Å². The van der Waals surface area contributed by atoms with Gasteiger partial charge in [-0.25, -0.2) is 14.3 Å². The number of halogens is 1. The first-order valence-corrected chi connectivity index (χ1v) is 5.80. The molecule has 7 nitrogen and oxygen atoms in total. The highest BCUT2D eigenvalue weighted by Gasteiger charge is 2.17. The van der Waals surface area contributed by atoms with Crippen molar-refractivity contribution in [2.45, 2.75) is 6.92 Å². The Morgan fingerprint density at radius 1 is 1.37 bits per heavy atom. The second-order valence-corrected chi connectivity index (χ2v) is 4.40. The molecule has 0 N–H and O–H groups in total. The molecule has 2 aromatic heterocycles. The van der Waals surface area contributed by atoms with Crippen LogP contribution in [-0.2, 0) is 0 Å². The standard InChI is InChI=1S/C11H12ClN5O2/c1-7-14-15-10(19-11(18)16(2)3)17(7)9-5-4-8(12)6-13-9/h4-6H,1-3H3. The van der Waals surface area contributed by atoms with Gasteiger partial charge in [-0.05, 0) is 19.1 Å². The van der Waals surface area contributed by atoms with Crippen molar-refractivity contribution in [1.82, 2.24) is 24.6 Å². The summed E-state index contributed by atoms with van der Waals surface area (Å²) in [7, 11) is 3.16. The van der Waals surface area contributed by atoms with Gasteiger partial charge in [0.25, 0.3) is 0 Å². The van der Waals surface area contributed by atoms with Crippen LogP contribution >= 0.6 is 11.6 Å². The maximum absolute atomic E-state index is 11.5. The molecule has 0 spiro atoms. The van der Waals surface area contributed by atoms with Gasteiger partial charge in [0.2, 0.25) is 0 Å². The van der Waals surface area contributed by atoms with Crippen molar-refractivity contribution in [1.29, 1.82) is 0 Å². The Balaban J connectivity index is 2.37. The number of rotatable bonds is 2. The Kier molecular flexibility index (Phi) is 3.66. The van der Waals surface area contributed by atoms with Gasteiger partial charge in [-0.3, -0.25) is 0 Å². The molecule has 8 heteroatoms. The molecular formula is C11H12ClN5O2. The summed E-state index contributed by atoms with van der Waals surface area (Å²) in [6.45, 7) is 1.73. The largest absolute Gasteiger partial charge is 0.417 e. The number of hydrogen-bond acceptors (Lipinski definition) is 5. The first-order chi connectivity index (χ1) is 8.99. The fourth-order valence-corrected chi connectivity index (χ4v) is 1.45. The summed E-state index contributed by atoms with van der Waals surface area (Å²) < 4.78 is 6.64. The minimum absolute atomic E-state index is 0.0611. The molecule has 2 rings (SSSR count). The van der Waals surface area contributed by atoms with Crippen molar-refractivity contribution >= 4 is 17.7 Å². The van der Waals surface area contributed by atoms with E-state index in [1.807, 2.05) is 0 Å². The van der Waals surface area contributed by atoms with Crippen LogP contribution in [0, 0.1) is 6.92 Å². The number of aromatic nitrogens is 4. The van der Waals surface area contributed by atoms with E-state index >= 15 is 0 Å². The van der Waals surface area contributed by atoms with Crippen molar-refractivity contribution in [3.05, 3.63) is 29.2 Å². The van der Waals surface area contributed by atoms with E-state index in [1.54, 1.807) is 33.2 Å². The van der Waals surface area contributed by atoms with Gasteiger partial charge in [0.1, 0.15) is 11.6 Å². The summed E-state index contributed by atoms with van der Waals surface area (Å²) in [4.78, 5) is 17.0. The summed E-state index contributed by atoms with van der Waals surface area (Å²) in [6.07, 6.45) is 0.955. The number of pyridine rings is 1. The molecule has 0 atom stereocenters. The van der Waals surface area contributed by atoms with Crippen LogP contribution in [0.15, 0.2) is 18.3 Å². The zero-order valence-corrected chi connectivity index (χ0v) is 11.4. The Morgan fingerprint density at radius 3 is 2.68 bits per heavy atom. The van der Waals surface area contributed by atoms with Crippen molar-refractivity contribution in [2.24, 2.45) is 0 Å². The molecule has 0 saturated heterocycles. The van der Waals surface area contributed by atoms with E-state index in [0.29, 0.717) is 16.7 Å². The molecule has 0 aromatic carbocycles. The van der Waals surface area contributed by atoms with E-state index in [0.717, 1.165) is 0 Å². The van der Waals surface area contributed by atoms with Crippen LogP contribution in [0.5, 0.6) is 6.01 Å². The van der Waals surface area contributed by atoms with Gasteiger partial charge in [-0.1, -0.05) is 16.7 Å². The van der Waals surface area contributed by atoms with Crippen LogP contribution < -0.4 is 4.74 Å². The highest BCUT2D eigenvalue weighted by molar-refractivity contribution is 6.30. The van der Waals surface area contributed by atoms with Crippen LogP contribution in [0.3, 0.4) is 0 Å². The van der Waals surface area contributed by atoms with Gasteiger partial charge in [-0.2, -0.15) is 0 Å². The smallest absolute Gasteiger partial charge is 0.374 e. The van der Waals surface area contributed by atoms with E-state index in [-0.39, 0.29) is 6.01 Å². The zero-order valence-electron chi connectivity index (χ0n) is 10.7. The molecule has 0 aliphatic carbocycles. The third-order valence-corrected chi connectivity index (χ3v) is 2.50. The van der Waals surface area contributed by atoms with Gasteiger partial charge in [-0.15, -0.1) is 5.10 Å². The molecule has 2 heterocycles. The van der Waals surface area contributed by atoms with Crippen molar-refractivity contribution in [2.75, 3.05) is 14.1 Å². The Morgan fingerprint density at radius 2 is 2.11 bits per heavy atom. The lowest BCUT2D eigenvalue weighted by molar-refractivity contribution is 0.167. The Bertz CT molecular complexity index is 594. The fourth-order valence-electron chi connectivity index (χ4n) is 1.34. The quantitative estimate of drug-likeness (QED) is 0.837. The summed E-state index contributed by atoms with van der Waals surface area (Å²) >= 11 is 5.78. The number of hydrogen-bond donors (Lipinski definition) is 0. The zero-order chi connectivity index (χ0) is 14.0. The van der Waals surface area contributed by atoms with Gasteiger partial charge in [0.15, 0.2) is 0 Å². The fraction of sp³-hybridized carbons (Fsp3) is 0.273. The summed E-state index contributed by atoms with van der Waals surface area (Å²) in [6, 6.07) is 3.43. The molecule has 1 amide bonds. The third-order valence-electron chi connectivity index (χ3n) is 2.28. The highest BCUT2D eigenvalue weighted by Crippen LogP contribution is 2.18. The summed E-state index contributed by atoms with van der Waals surface area (Å²) in [5, 5.41) is 8.19. The second kappa shape index (κ2) is 5.23. The molecule has 0 unspecified atom stereocenters. The van der Waals surface area contributed by atoms with Crippen molar-refractivity contribution in [3.8, 4) is 11.8 Å². The topological polar surface area (TPSA) is 73.1 Å². The van der Waals surface area contributed by atoms with Crippen LogP contribution in [0.25, 0.3) is 5.82 Å².